The fourth-order valence-corrected chi connectivity index (χ4v) is 4.40. The molecular weight excluding hydrogens is 477 g/mol. The lowest BCUT2D eigenvalue weighted by molar-refractivity contribution is 0.0984. The van der Waals surface area contributed by atoms with Gasteiger partial charge < -0.3 is 14.4 Å². The maximum Gasteiger partial charge on any atom is 0.261 e. The SMILES string of the molecule is CN(C)CCN(C(=O)c1ccccc1I)c1nc2cc3c(cc2s1)OCO3. The molecule has 1 amide bonds. The largest absolute Gasteiger partial charge is 0.454 e. The van der Waals surface area contributed by atoms with Gasteiger partial charge in [0.15, 0.2) is 16.6 Å². The highest BCUT2D eigenvalue weighted by Gasteiger charge is 2.24. The number of rotatable bonds is 5. The molecule has 0 bridgehead atoms. The maximum absolute atomic E-state index is 13.3. The number of likely N-dealkylation sites (N-methyl/N-ethyl adjacent to an activating group) is 1. The van der Waals surface area contributed by atoms with Crippen LogP contribution in [0, 0.1) is 3.57 Å². The van der Waals surface area contributed by atoms with Crippen LogP contribution in [-0.2, 0) is 0 Å². The van der Waals surface area contributed by atoms with Gasteiger partial charge >= 0.3 is 0 Å². The van der Waals surface area contributed by atoms with E-state index in [1.165, 1.54) is 11.3 Å². The Balaban J connectivity index is 1.73. The van der Waals surface area contributed by atoms with Gasteiger partial charge in [-0.05, 0) is 48.8 Å². The molecule has 0 saturated heterocycles. The third kappa shape index (κ3) is 3.74. The lowest BCUT2D eigenvalue weighted by Crippen LogP contribution is -2.37. The molecule has 2 heterocycles. The molecule has 0 radical (unpaired) electrons. The summed E-state index contributed by atoms with van der Waals surface area (Å²) in [5, 5.41) is 0.681. The van der Waals surface area contributed by atoms with E-state index in [0.717, 1.165) is 26.1 Å². The molecular formula is C19H18IN3O3S. The Hall–Kier alpha value is -1.91. The van der Waals surface area contributed by atoms with Gasteiger partial charge in [0.05, 0.1) is 15.8 Å². The number of amides is 1. The van der Waals surface area contributed by atoms with Crippen molar-refractivity contribution in [1.29, 1.82) is 0 Å². The average Bonchev–Trinajstić information content (AvgIpc) is 3.25. The minimum Gasteiger partial charge on any atom is -0.454 e. The first-order valence-electron chi connectivity index (χ1n) is 8.44. The summed E-state index contributed by atoms with van der Waals surface area (Å²) >= 11 is 3.69. The highest BCUT2D eigenvalue weighted by Crippen LogP contribution is 2.40. The van der Waals surface area contributed by atoms with Crippen LogP contribution in [-0.4, -0.2) is 49.8 Å². The molecule has 8 heteroatoms. The van der Waals surface area contributed by atoms with Crippen molar-refractivity contribution in [1.82, 2.24) is 9.88 Å². The molecule has 0 fully saturated rings. The lowest BCUT2D eigenvalue weighted by atomic mass is 10.2. The smallest absolute Gasteiger partial charge is 0.261 e. The summed E-state index contributed by atoms with van der Waals surface area (Å²) in [6.07, 6.45) is 0. The Morgan fingerprint density at radius 1 is 1.19 bits per heavy atom. The first-order chi connectivity index (χ1) is 13.0. The van der Waals surface area contributed by atoms with Crippen molar-refractivity contribution in [2.24, 2.45) is 0 Å². The molecule has 0 saturated carbocycles. The zero-order valence-corrected chi connectivity index (χ0v) is 17.9. The molecule has 1 aliphatic rings. The summed E-state index contributed by atoms with van der Waals surface area (Å²) in [5.41, 5.74) is 1.50. The molecule has 2 aromatic carbocycles. The molecule has 0 spiro atoms. The molecule has 1 aliphatic heterocycles. The second-order valence-electron chi connectivity index (χ2n) is 6.41. The first-order valence-corrected chi connectivity index (χ1v) is 10.3. The van der Waals surface area contributed by atoms with Gasteiger partial charge in [-0.1, -0.05) is 23.5 Å². The second kappa shape index (κ2) is 7.61. The number of carbonyl (C=O) groups is 1. The van der Waals surface area contributed by atoms with E-state index in [-0.39, 0.29) is 12.7 Å². The number of benzene rings is 2. The summed E-state index contributed by atoms with van der Waals surface area (Å²) in [6.45, 7) is 1.54. The predicted molar refractivity (Wildman–Crippen MR) is 115 cm³/mol. The molecule has 1 aromatic heterocycles. The van der Waals surface area contributed by atoms with Crippen LogP contribution >= 0.6 is 33.9 Å². The van der Waals surface area contributed by atoms with Gasteiger partial charge in [-0.15, -0.1) is 0 Å². The van der Waals surface area contributed by atoms with Crippen LogP contribution in [0.1, 0.15) is 10.4 Å². The van der Waals surface area contributed by atoms with Gasteiger partial charge in [-0.25, -0.2) is 4.98 Å². The van der Waals surface area contributed by atoms with E-state index >= 15 is 0 Å². The molecule has 3 aromatic rings. The number of carbonyl (C=O) groups excluding carboxylic acids is 1. The van der Waals surface area contributed by atoms with Crippen molar-refractivity contribution < 1.29 is 14.3 Å². The summed E-state index contributed by atoms with van der Waals surface area (Å²) in [6, 6.07) is 11.4. The van der Waals surface area contributed by atoms with Crippen LogP contribution in [0.5, 0.6) is 11.5 Å². The maximum atomic E-state index is 13.3. The molecule has 4 rings (SSSR count). The van der Waals surface area contributed by atoms with Crippen LogP contribution in [0.15, 0.2) is 36.4 Å². The summed E-state index contributed by atoms with van der Waals surface area (Å²) in [7, 11) is 3.99. The highest BCUT2D eigenvalue weighted by atomic mass is 127. The molecule has 27 heavy (non-hydrogen) atoms. The Morgan fingerprint density at radius 2 is 1.93 bits per heavy atom. The van der Waals surface area contributed by atoms with Gasteiger partial charge in [-0.3, -0.25) is 9.69 Å². The average molecular weight is 495 g/mol. The minimum atomic E-state index is -0.0408. The van der Waals surface area contributed by atoms with Gasteiger partial charge in [0.2, 0.25) is 6.79 Å². The Bertz CT molecular complexity index is 964. The zero-order chi connectivity index (χ0) is 19.0. The van der Waals surface area contributed by atoms with Crippen LogP contribution in [0.3, 0.4) is 0 Å². The van der Waals surface area contributed by atoms with Crippen molar-refractivity contribution in [3.63, 3.8) is 0 Å². The molecule has 0 N–H and O–H groups in total. The Labute approximate surface area is 174 Å². The third-order valence-corrected chi connectivity index (χ3v) is 6.20. The normalized spacial score (nSPS) is 12.7. The van der Waals surface area contributed by atoms with Crippen molar-refractivity contribution >= 4 is 55.2 Å². The van der Waals surface area contributed by atoms with Crippen molar-refractivity contribution in [3.05, 3.63) is 45.5 Å². The topological polar surface area (TPSA) is 54.9 Å². The van der Waals surface area contributed by atoms with E-state index in [4.69, 9.17) is 14.5 Å². The fraction of sp³-hybridized carbons (Fsp3) is 0.263. The van der Waals surface area contributed by atoms with E-state index in [1.54, 1.807) is 4.90 Å². The third-order valence-electron chi connectivity index (χ3n) is 4.22. The number of hydrogen-bond donors (Lipinski definition) is 0. The number of ether oxygens (including phenoxy) is 2. The molecule has 140 valence electrons. The number of fused-ring (bicyclic) bond motifs is 2. The van der Waals surface area contributed by atoms with Crippen LogP contribution in [0.25, 0.3) is 10.2 Å². The number of anilines is 1. The van der Waals surface area contributed by atoms with Gasteiger partial charge in [0.1, 0.15) is 0 Å². The quantitative estimate of drug-likeness (QED) is 0.504. The Morgan fingerprint density at radius 3 is 2.67 bits per heavy atom. The zero-order valence-electron chi connectivity index (χ0n) is 14.9. The number of thiazole rings is 1. The predicted octanol–water partition coefficient (Wildman–Crippen LogP) is 3.84. The van der Waals surface area contributed by atoms with E-state index in [2.05, 4.69) is 27.5 Å². The summed E-state index contributed by atoms with van der Waals surface area (Å²) in [5.74, 6) is 1.38. The van der Waals surface area contributed by atoms with Crippen LogP contribution in [0.4, 0.5) is 5.13 Å². The monoisotopic (exact) mass is 495 g/mol. The second-order valence-corrected chi connectivity index (χ2v) is 8.58. The van der Waals surface area contributed by atoms with E-state index in [9.17, 15) is 4.79 Å². The van der Waals surface area contributed by atoms with Gasteiger partial charge in [-0.2, -0.15) is 0 Å². The van der Waals surface area contributed by atoms with E-state index in [0.29, 0.717) is 23.0 Å². The van der Waals surface area contributed by atoms with Crippen molar-refractivity contribution in [2.45, 2.75) is 0 Å². The standard InChI is InChI=1S/C19H18IN3O3S/c1-22(2)7-8-23(18(24)12-5-3-4-6-13(12)20)19-21-14-9-15-16(26-11-25-15)10-17(14)27-19/h3-6,9-10H,7-8,11H2,1-2H3. The van der Waals surface area contributed by atoms with E-state index in [1.807, 2.05) is 50.5 Å². The Kier molecular flexibility index (Phi) is 5.20. The molecule has 0 aliphatic carbocycles. The van der Waals surface area contributed by atoms with Crippen LogP contribution in [0.2, 0.25) is 0 Å². The van der Waals surface area contributed by atoms with Crippen molar-refractivity contribution in [3.8, 4) is 11.5 Å². The van der Waals surface area contributed by atoms with E-state index < -0.39 is 0 Å². The number of hydrogen-bond acceptors (Lipinski definition) is 6. The lowest BCUT2D eigenvalue weighted by Gasteiger charge is -2.22. The number of halogens is 1. The summed E-state index contributed by atoms with van der Waals surface area (Å²) in [4.78, 5) is 21.8. The minimum absolute atomic E-state index is 0.0408. The first kappa shape index (κ1) is 18.5. The highest BCUT2D eigenvalue weighted by molar-refractivity contribution is 14.1. The molecule has 0 unspecified atom stereocenters. The number of nitrogens with zero attached hydrogens (tertiary/aromatic N) is 3. The van der Waals surface area contributed by atoms with Crippen LogP contribution < -0.4 is 14.4 Å². The molecule has 6 nitrogen and oxygen atoms in total. The fourth-order valence-electron chi connectivity index (χ4n) is 2.79. The summed E-state index contributed by atoms with van der Waals surface area (Å²) < 4.78 is 12.8. The molecule has 0 atom stereocenters. The number of aromatic nitrogens is 1. The van der Waals surface area contributed by atoms with Gasteiger partial charge in [0, 0.05) is 28.8 Å². The van der Waals surface area contributed by atoms with Crippen molar-refractivity contribution in [2.75, 3.05) is 38.9 Å². The van der Waals surface area contributed by atoms with Gasteiger partial charge in [0.25, 0.3) is 5.91 Å².